The van der Waals surface area contributed by atoms with Gasteiger partial charge in [0.05, 0.1) is 17.7 Å². The summed E-state index contributed by atoms with van der Waals surface area (Å²) in [5, 5.41) is 12.9. The fourth-order valence-corrected chi connectivity index (χ4v) is 2.20. The van der Waals surface area contributed by atoms with Gasteiger partial charge < -0.3 is 5.11 Å². The van der Waals surface area contributed by atoms with Gasteiger partial charge in [-0.2, -0.15) is 5.10 Å². The molecule has 0 aliphatic heterocycles. The zero-order valence-corrected chi connectivity index (χ0v) is 13.7. The Morgan fingerprint density at radius 2 is 1.87 bits per heavy atom. The number of amides is 1. The van der Waals surface area contributed by atoms with E-state index >= 15 is 0 Å². The third-order valence-corrected chi connectivity index (χ3v) is 3.38. The normalized spacial score (nSPS) is 11.1. The molecule has 0 saturated carbocycles. The molecule has 0 fully saturated rings. The van der Waals surface area contributed by atoms with Crippen molar-refractivity contribution < 1.29 is 14.7 Å². The topological polar surface area (TPSA) is 91.6 Å². The van der Waals surface area contributed by atoms with Crippen molar-refractivity contribution in [1.82, 2.24) is 10.4 Å². The number of aliphatic carboxylic acids is 1. The quantitative estimate of drug-likeness (QED) is 0.599. The first-order chi connectivity index (χ1) is 11.1. The molecule has 0 atom stereocenters. The van der Waals surface area contributed by atoms with E-state index in [1.807, 2.05) is 30.3 Å². The second kappa shape index (κ2) is 8.19. The van der Waals surface area contributed by atoms with Gasteiger partial charge in [0, 0.05) is 23.3 Å². The summed E-state index contributed by atoms with van der Waals surface area (Å²) < 4.78 is 0.684. The predicted octanol–water partition coefficient (Wildman–Crippen LogP) is 2.84. The molecule has 0 spiro atoms. The Bertz CT molecular complexity index is 732. The third kappa shape index (κ3) is 5.30. The van der Waals surface area contributed by atoms with Crippen LogP contribution in [-0.2, 0) is 4.79 Å². The van der Waals surface area contributed by atoms with E-state index in [0.717, 1.165) is 5.56 Å². The number of hydrazone groups is 1. The lowest BCUT2D eigenvalue weighted by molar-refractivity contribution is -0.136. The maximum absolute atomic E-state index is 12.1. The van der Waals surface area contributed by atoms with Crippen LogP contribution < -0.4 is 5.43 Å². The molecule has 1 aromatic heterocycles. The van der Waals surface area contributed by atoms with Crippen molar-refractivity contribution in [3.8, 4) is 0 Å². The van der Waals surface area contributed by atoms with Gasteiger partial charge in [0.1, 0.15) is 0 Å². The van der Waals surface area contributed by atoms with Crippen LogP contribution >= 0.6 is 15.9 Å². The Balaban J connectivity index is 2.16. The van der Waals surface area contributed by atoms with Gasteiger partial charge in [-0.25, -0.2) is 5.43 Å². The molecule has 0 aliphatic rings. The van der Waals surface area contributed by atoms with Gasteiger partial charge in [-0.1, -0.05) is 30.3 Å². The van der Waals surface area contributed by atoms with E-state index in [2.05, 4.69) is 31.4 Å². The van der Waals surface area contributed by atoms with Crippen LogP contribution in [0, 0.1) is 0 Å². The minimum absolute atomic E-state index is 0.0674. The molecule has 0 unspecified atom stereocenters. The van der Waals surface area contributed by atoms with E-state index in [0.29, 0.717) is 15.7 Å². The first kappa shape index (κ1) is 16.8. The number of carbonyl (C=O) groups is 2. The number of halogens is 1. The number of carbonyl (C=O) groups excluding carboxylic acids is 1. The highest BCUT2D eigenvalue weighted by atomic mass is 79.9. The average molecular weight is 376 g/mol. The van der Waals surface area contributed by atoms with E-state index in [4.69, 9.17) is 5.11 Å². The molecule has 0 bridgehead atoms. The number of carboxylic acids is 1. The van der Waals surface area contributed by atoms with Crippen molar-refractivity contribution in [2.45, 2.75) is 12.8 Å². The molecule has 2 rings (SSSR count). The number of aromatic nitrogens is 1. The molecule has 23 heavy (non-hydrogen) atoms. The van der Waals surface area contributed by atoms with Gasteiger partial charge in [0.25, 0.3) is 5.91 Å². The van der Waals surface area contributed by atoms with E-state index < -0.39 is 11.9 Å². The van der Waals surface area contributed by atoms with Crippen molar-refractivity contribution in [3.63, 3.8) is 0 Å². The van der Waals surface area contributed by atoms with Crippen molar-refractivity contribution >= 4 is 33.5 Å². The first-order valence-electron chi connectivity index (χ1n) is 6.81. The summed E-state index contributed by atoms with van der Waals surface area (Å²) in [6.45, 7) is 0. The van der Waals surface area contributed by atoms with Gasteiger partial charge in [-0.05, 0) is 27.6 Å². The minimum Gasteiger partial charge on any atom is -0.481 e. The van der Waals surface area contributed by atoms with Crippen LogP contribution in [0.1, 0.15) is 28.8 Å². The summed E-state index contributed by atoms with van der Waals surface area (Å²) >= 11 is 3.24. The summed E-state index contributed by atoms with van der Waals surface area (Å²) in [4.78, 5) is 26.8. The number of nitrogens with zero attached hydrogens (tertiary/aromatic N) is 2. The Morgan fingerprint density at radius 3 is 2.52 bits per heavy atom. The standard InChI is InChI=1S/C16H14BrN3O3/c17-13-8-12(9-18-10-13)16(23)20-19-14(6-7-15(21)22)11-4-2-1-3-5-11/h1-5,8-10H,6-7H2,(H,20,23)(H,21,22)/b19-14+. The first-order valence-corrected chi connectivity index (χ1v) is 7.60. The molecule has 7 heteroatoms. The highest BCUT2D eigenvalue weighted by Crippen LogP contribution is 2.10. The molecule has 2 N–H and O–H groups in total. The monoisotopic (exact) mass is 375 g/mol. The Morgan fingerprint density at radius 1 is 1.13 bits per heavy atom. The summed E-state index contributed by atoms with van der Waals surface area (Å²) in [6.07, 6.45) is 3.15. The van der Waals surface area contributed by atoms with Gasteiger partial charge in [-0.3, -0.25) is 14.6 Å². The largest absolute Gasteiger partial charge is 0.481 e. The molecule has 1 aromatic carbocycles. The predicted molar refractivity (Wildman–Crippen MR) is 89.3 cm³/mol. The fourth-order valence-electron chi connectivity index (χ4n) is 1.84. The molecule has 0 radical (unpaired) electrons. The molecule has 1 amide bonds. The van der Waals surface area contributed by atoms with Crippen molar-refractivity contribution in [3.05, 3.63) is 64.4 Å². The Hall–Kier alpha value is -2.54. The van der Waals surface area contributed by atoms with E-state index in [1.165, 1.54) is 6.20 Å². The maximum Gasteiger partial charge on any atom is 0.303 e. The number of rotatable bonds is 6. The van der Waals surface area contributed by atoms with Crippen LogP contribution in [0.4, 0.5) is 0 Å². The van der Waals surface area contributed by atoms with Crippen LogP contribution in [0.3, 0.4) is 0 Å². The molecule has 0 saturated heterocycles. The third-order valence-electron chi connectivity index (χ3n) is 2.94. The fraction of sp³-hybridized carbons (Fsp3) is 0.125. The minimum atomic E-state index is -0.920. The van der Waals surface area contributed by atoms with Gasteiger partial charge in [-0.15, -0.1) is 0 Å². The van der Waals surface area contributed by atoms with Crippen molar-refractivity contribution in [2.24, 2.45) is 5.10 Å². The Kier molecular flexibility index (Phi) is 5.99. The van der Waals surface area contributed by atoms with Crippen LogP contribution in [0.5, 0.6) is 0 Å². The van der Waals surface area contributed by atoms with Crippen LogP contribution in [-0.4, -0.2) is 27.7 Å². The average Bonchev–Trinajstić information content (AvgIpc) is 2.55. The highest BCUT2D eigenvalue weighted by Gasteiger charge is 2.09. The molecule has 6 nitrogen and oxygen atoms in total. The molecular formula is C16H14BrN3O3. The SMILES string of the molecule is O=C(O)CC/C(=N\NC(=O)c1cncc(Br)c1)c1ccccc1. The second-order valence-corrected chi connectivity index (χ2v) is 5.57. The molecule has 1 heterocycles. The molecular weight excluding hydrogens is 362 g/mol. The second-order valence-electron chi connectivity index (χ2n) is 4.65. The zero-order valence-electron chi connectivity index (χ0n) is 12.1. The Labute approximate surface area is 141 Å². The number of carboxylic acid groups (broad SMARTS) is 1. The molecule has 0 aliphatic carbocycles. The van der Waals surface area contributed by atoms with Crippen LogP contribution in [0.2, 0.25) is 0 Å². The smallest absolute Gasteiger partial charge is 0.303 e. The van der Waals surface area contributed by atoms with E-state index in [9.17, 15) is 9.59 Å². The summed E-state index contributed by atoms with van der Waals surface area (Å²) in [7, 11) is 0. The highest BCUT2D eigenvalue weighted by molar-refractivity contribution is 9.10. The van der Waals surface area contributed by atoms with Crippen molar-refractivity contribution in [2.75, 3.05) is 0 Å². The zero-order chi connectivity index (χ0) is 16.7. The van der Waals surface area contributed by atoms with E-state index in [1.54, 1.807) is 12.3 Å². The lowest BCUT2D eigenvalue weighted by Gasteiger charge is -2.06. The number of hydrogen-bond acceptors (Lipinski definition) is 4. The number of benzene rings is 1. The van der Waals surface area contributed by atoms with Gasteiger partial charge in [0.2, 0.25) is 0 Å². The van der Waals surface area contributed by atoms with Gasteiger partial charge >= 0.3 is 5.97 Å². The molecule has 2 aromatic rings. The summed E-state index contributed by atoms with van der Waals surface area (Å²) in [6, 6.07) is 10.7. The summed E-state index contributed by atoms with van der Waals surface area (Å²) in [5.41, 5.74) is 4.07. The number of pyridine rings is 1. The lowest BCUT2D eigenvalue weighted by Crippen LogP contribution is -2.20. The van der Waals surface area contributed by atoms with Crippen LogP contribution in [0.25, 0.3) is 0 Å². The lowest BCUT2D eigenvalue weighted by atomic mass is 10.1. The molecule has 118 valence electrons. The van der Waals surface area contributed by atoms with Gasteiger partial charge in [0.15, 0.2) is 0 Å². The number of hydrogen-bond donors (Lipinski definition) is 2. The summed E-state index contributed by atoms with van der Waals surface area (Å²) in [5.74, 6) is -1.33. The van der Waals surface area contributed by atoms with E-state index in [-0.39, 0.29) is 12.8 Å². The van der Waals surface area contributed by atoms with Crippen LogP contribution in [0.15, 0.2) is 58.4 Å². The van der Waals surface area contributed by atoms with Crippen molar-refractivity contribution in [1.29, 1.82) is 0 Å². The number of nitrogens with one attached hydrogen (secondary N) is 1. The maximum atomic E-state index is 12.1.